The molecule has 0 bridgehead atoms. The van der Waals surface area contributed by atoms with Crippen LogP contribution in [0.4, 0.5) is 5.13 Å². The Balaban J connectivity index is 1.68. The van der Waals surface area contributed by atoms with Crippen molar-refractivity contribution in [3.05, 3.63) is 57.3 Å². The van der Waals surface area contributed by atoms with Gasteiger partial charge in [-0.1, -0.05) is 65.4 Å². The van der Waals surface area contributed by atoms with E-state index >= 15 is 0 Å². The van der Waals surface area contributed by atoms with Crippen LogP contribution < -0.4 is 5.32 Å². The van der Waals surface area contributed by atoms with E-state index < -0.39 is 0 Å². The molecule has 1 N–H and O–H groups in total. The molecule has 0 atom stereocenters. The van der Waals surface area contributed by atoms with E-state index in [1.807, 2.05) is 38.1 Å². The van der Waals surface area contributed by atoms with E-state index in [9.17, 15) is 4.79 Å². The third kappa shape index (κ3) is 5.35. The van der Waals surface area contributed by atoms with Gasteiger partial charge in [0.1, 0.15) is 5.15 Å². The van der Waals surface area contributed by atoms with Crippen molar-refractivity contribution in [1.29, 1.82) is 0 Å². The lowest BCUT2D eigenvalue weighted by Gasteiger charge is -2.03. The molecule has 0 spiro atoms. The van der Waals surface area contributed by atoms with Gasteiger partial charge in [0.25, 0.3) is 0 Å². The maximum atomic E-state index is 12.2. The van der Waals surface area contributed by atoms with Gasteiger partial charge in [-0.2, -0.15) is 5.10 Å². The molecule has 10 heteroatoms. The van der Waals surface area contributed by atoms with Crippen molar-refractivity contribution < 1.29 is 4.79 Å². The second-order valence-corrected chi connectivity index (χ2v) is 8.99. The lowest BCUT2D eigenvalue weighted by atomic mass is 10.2. The van der Waals surface area contributed by atoms with Crippen molar-refractivity contribution >= 4 is 63.4 Å². The van der Waals surface area contributed by atoms with Crippen LogP contribution in [0.3, 0.4) is 0 Å². The molecule has 0 saturated heterocycles. The topological polar surface area (TPSA) is 72.7 Å². The van der Waals surface area contributed by atoms with Crippen LogP contribution in [0.2, 0.25) is 10.2 Å². The Labute approximate surface area is 181 Å². The third-order valence-electron chi connectivity index (χ3n) is 3.66. The summed E-state index contributed by atoms with van der Waals surface area (Å²) < 4.78 is 2.51. The molecule has 1 aromatic carbocycles. The fourth-order valence-corrected chi connectivity index (χ4v) is 4.45. The quantitative estimate of drug-likeness (QED) is 0.303. The average Bonchev–Trinajstić information content (AvgIpc) is 3.20. The smallest absolute Gasteiger partial charge is 0.250 e. The molecule has 0 aliphatic carbocycles. The zero-order valence-electron chi connectivity index (χ0n) is 15.1. The summed E-state index contributed by atoms with van der Waals surface area (Å²) in [7, 11) is 0. The maximum absolute atomic E-state index is 12.2. The lowest BCUT2D eigenvalue weighted by molar-refractivity contribution is -0.111. The lowest BCUT2D eigenvalue weighted by Crippen LogP contribution is -2.07. The molecule has 3 aromatic rings. The normalized spacial score (nSPS) is 11.3. The van der Waals surface area contributed by atoms with Crippen LogP contribution in [-0.4, -0.2) is 31.6 Å². The fourth-order valence-electron chi connectivity index (χ4n) is 2.37. The summed E-state index contributed by atoms with van der Waals surface area (Å²) in [5.41, 5.74) is 2.46. The molecule has 28 heavy (non-hydrogen) atoms. The summed E-state index contributed by atoms with van der Waals surface area (Å²) in [6.45, 7) is 4.40. The standard InChI is InChI=1S/C18H17Cl2N5OS2/c1-3-27-18-23-22-17(28-18)21-15(26)9-8-14-11(2)24-25(16(14)20)10-12-4-6-13(19)7-5-12/h4-9H,3,10H2,1-2H3,(H,21,22,26)/b9-8+. The SMILES string of the molecule is CCSc1nnc(NC(=O)/C=C/c2c(C)nn(Cc3ccc(Cl)cc3)c2Cl)s1. The van der Waals surface area contributed by atoms with Crippen LogP contribution in [0.25, 0.3) is 6.08 Å². The van der Waals surface area contributed by atoms with Crippen molar-refractivity contribution in [1.82, 2.24) is 20.0 Å². The first-order chi connectivity index (χ1) is 13.5. The monoisotopic (exact) mass is 453 g/mol. The Hall–Kier alpha value is -1.87. The number of aromatic nitrogens is 4. The number of amides is 1. The Morgan fingerprint density at radius 3 is 2.75 bits per heavy atom. The van der Waals surface area contributed by atoms with Gasteiger partial charge in [0.05, 0.1) is 12.2 Å². The molecule has 0 aliphatic heterocycles. The van der Waals surface area contributed by atoms with E-state index in [1.54, 1.807) is 22.5 Å². The Bertz CT molecular complexity index is 998. The van der Waals surface area contributed by atoms with Gasteiger partial charge in [0.2, 0.25) is 11.0 Å². The van der Waals surface area contributed by atoms with E-state index in [0.29, 0.717) is 27.4 Å². The van der Waals surface area contributed by atoms with Gasteiger partial charge in [-0.05, 0) is 36.4 Å². The van der Waals surface area contributed by atoms with Gasteiger partial charge in [-0.3, -0.25) is 10.1 Å². The second-order valence-electron chi connectivity index (χ2n) is 5.70. The van der Waals surface area contributed by atoms with Crippen molar-refractivity contribution in [2.45, 2.75) is 24.7 Å². The molecule has 0 aliphatic rings. The third-order valence-corrected chi connectivity index (χ3v) is 6.17. The van der Waals surface area contributed by atoms with Crippen LogP contribution in [0.5, 0.6) is 0 Å². The number of carbonyl (C=O) groups excluding carboxylic acids is 1. The molecular formula is C18H17Cl2N5OS2. The molecular weight excluding hydrogens is 437 g/mol. The number of benzene rings is 1. The highest BCUT2D eigenvalue weighted by molar-refractivity contribution is 8.01. The first kappa shape index (κ1) is 20.9. The van der Waals surface area contributed by atoms with E-state index in [4.69, 9.17) is 23.2 Å². The predicted octanol–water partition coefficient (Wildman–Crippen LogP) is 5.16. The zero-order chi connectivity index (χ0) is 20.1. The number of halogens is 2. The van der Waals surface area contributed by atoms with Crippen molar-refractivity contribution in [3.63, 3.8) is 0 Å². The molecule has 1 amide bonds. The summed E-state index contributed by atoms with van der Waals surface area (Å²) >= 11 is 15.3. The number of hydrogen-bond acceptors (Lipinski definition) is 6. The first-order valence-corrected chi connectivity index (χ1v) is 10.9. The molecule has 146 valence electrons. The Kier molecular flexibility index (Phi) is 7.12. The maximum Gasteiger partial charge on any atom is 0.250 e. The Morgan fingerprint density at radius 1 is 1.29 bits per heavy atom. The summed E-state index contributed by atoms with van der Waals surface area (Å²) in [5.74, 6) is 0.602. The van der Waals surface area contributed by atoms with E-state index in [2.05, 4.69) is 20.6 Å². The molecule has 2 aromatic heterocycles. The zero-order valence-corrected chi connectivity index (χ0v) is 18.3. The minimum atomic E-state index is -0.301. The van der Waals surface area contributed by atoms with Crippen LogP contribution in [0, 0.1) is 6.92 Å². The van der Waals surface area contributed by atoms with Gasteiger partial charge in [-0.15, -0.1) is 10.2 Å². The number of anilines is 1. The first-order valence-electron chi connectivity index (χ1n) is 8.39. The summed E-state index contributed by atoms with van der Waals surface area (Å²) in [6, 6.07) is 7.49. The summed E-state index contributed by atoms with van der Waals surface area (Å²) in [6.07, 6.45) is 3.07. The van der Waals surface area contributed by atoms with Crippen LogP contribution >= 0.6 is 46.3 Å². The predicted molar refractivity (Wildman–Crippen MR) is 116 cm³/mol. The summed E-state index contributed by atoms with van der Waals surface area (Å²) in [4.78, 5) is 12.2. The highest BCUT2D eigenvalue weighted by atomic mass is 35.5. The van der Waals surface area contributed by atoms with Crippen molar-refractivity contribution in [3.8, 4) is 0 Å². The highest BCUT2D eigenvalue weighted by Crippen LogP contribution is 2.25. The molecule has 0 unspecified atom stereocenters. The number of hydrogen-bond donors (Lipinski definition) is 1. The van der Waals surface area contributed by atoms with Crippen LogP contribution in [0.1, 0.15) is 23.7 Å². The number of nitrogens with one attached hydrogen (secondary N) is 1. The number of thioether (sulfide) groups is 1. The molecule has 0 fully saturated rings. The Morgan fingerprint density at radius 2 is 2.04 bits per heavy atom. The second kappa shape index (κ2) is 9.56. The number of carbonyl (C=O) groups is 1. The van der Waals surface area contributed by atoms with Crippen LogP contribution in [0.15, 0.2) is 34.7 Å². The van der Waals surface area contributed by atoms with Gasteiger partial charge in [0, 0.05) is 16.7 Å². The minimum absolute atomic E-state index is 0.301. The summed E-state index contributed by atoms with van der Waals surface area (Å²) in [5, 5.41) is 16.7. The fraction of sp³-hybridized carbons (Fsp3) is 0.222. The van der Waals surface area contributed by atoms with E-state index in [0.717, 1.165) is 21.3 Å². The average molecular weight is 454 g/mol. The highest BCUT2D eigenvalue weighted by Gasteiger charge is 2.12. The molecule has 2 heterocycles. The number of nitrogens with zero attached hydrogens (tertiary/aromatic N) is 4. The number of aryl methyl sites for hydroxylation is 1. The van der Waals surface area contributed by atoms with Crippen molar-refractivity contribution in [2.75, 3.05) is 11.1 Å². The minimum Gasteiger partial charge on any atom is -0.297 e. The molecule has 3 rings (SSSR count). The van der Waals surface area contributed by atoms with Gasteiger partial charge in [-0.25, -0.2) is 4.68 Å². The largest absolute Gasteiger partial charge is 0.297 e. The molecule has 0 radical (unpaired) electrons. The number of rotatable bonds is 7. The van der Waals surface area contributed by atoms with Gasteiger partial charge in [0.15, 0.2) is 4.34 Å². The van der Waals surface area contributed by atoms with Crippen LogP contribution in [-0.2, 0) is 11.3 Å². The molecule has 0 saturated carbocycles. The van der Waals surface area contributed by atoms with E-state index in [1.165, 1.54) is 17.4 Å². The van der Waals surface area contributed by atoms with Gasteiger partial charge >= 0.3 is 0 Å². The molecule has 6 nitrogen and oxygen atoms in total. The van der Waals surface area contributed by atoms with Crippen molar-refractivity contribution in [2.24, 2.45) is 0 Å². The van der Waals surface area contributed by atoms with Gasteiger partial charge < -0.3 is 0 Å². The van der Waals surface area contributed by atoms with E-state index in [-0.39, 0.29) is 5.91 Å².